The van der Waals surface area contributed by atoms with Crippen LogP contribution in [0.4, 0.5) is 0 Å². The summed E-state index contributed by atoms with van der Waals surface area (Å²) in [6.07, 6.45) is -0.809. The average molecular weight is 254 g/mol. The van der Waals surface area contributed by atoms with Crippen LogP contribution in [0, 0.1) is 5.92 Å². The Hall–Kier alpha value is -0.420. The summed E-state index contributed by atoms with van der Waals surface area (Å²) in [5.41, 5.74) is -0.900. The second-order valence-electron chi connectivity index (χ2n) is 4.02. The van der Waals surface area contributed by atoms with Gasteiger partial charge < -0.3 is 20.0 Å². The zero-order valence-corrected chi connectivity index (χ0v) is 10.3. The van der Waals surface area contributed by atoms with E-state index in [1.54, 1.807) is 6.92 Å². The van der Waals surface area contributed by atoms with Gasteiger partial charge in [0.25, 0.3) is 0 Å². The van der Waals surface area contributed by atoms with Gasteiger partial charge in [0, 0.05) is 0 Å². The Morgan fingerprint density at radius 2 is 1.81 bits per heavy atom. The van der Waals surface area contributed by atoms with Gasteiger partial charge in [0.2, 0.25) is 0 Å². The van der Waals surface area contributed by atoms with Crippen LogP contribution in [0.1, 0.15) is 33.1 Å². The molecule has 0 fully saturated rings. The molecule has 0 aliphatic heterocycles. The lowest BCUT2D eigenvalue weighted by molar-refractivity contribution is -0.142. The van der Waals surface area contributed by atoms with E-state index in [-0.39, 0.29) is 19.3 Å². The highest BCUT2D eigenvalue weighted by atomic mass is 31.2. The van der Waals surface area contributed by atoms with Gasteiger partial charge in [0.1, 0.15) is 0 Å². The van der Waals surface area contributed by atoms with Gasteiger partial charge in [0.15, 0.2) is 0 Å². The van der Waals surface area contributed by atoms with Crippen molar-refractivity contribution in [2.45, 2.75) is 44.9 Å². The first-order valence-corrected chi connectivity index (χ1v) is 6.82. The number of aliphatic hydroxyl groups excluding tert-OH is 1. The smallest absolute Gasteiger partial charge is 0.328 e. The molecule has 6 nitrogen and oxygen atoms in total. The van der Waals surface area contributed by atoms with Crippen molar-refractivity contribution in [3.63, 3.8) is 0 Å². The second-order valence-corrected chi connectivity index (χ2v) is 5.92. The summed E-state index contributed by atoms with van der Waals surface area (Å²) in [5, 5.41) is 18.1. The molecule has 0 heterocycles. The zero-order chi connectivity index (χ0) is 12.9. The van der Waals surface area contributed by atoms with Crippen LogP contribution in [0.25, 0.3) is 0 Å². The van der Waals surface area contributed by atoms with Crippen LogP contribution in [0.5, 0.6) is 0 Å². The predicted molar refractivity (Wildman–Crippen MR) is 58.2 cm³/mol. The highest BCUT2D eigenvalue weighted by Gasteiger charge is 2.30. The zero-order valence-electron chi connectivity index (χ0n) is 9.41. The van der Waals surface area contributed by atoms with Crippen LogP contribution in [0.2, 0.25) is 0 Å². The third-order valence-corrected chi connectivity index (χ3v) is 4.07. The fraction of sp³-hybridized carbons (Fsp3) is 0.889. The van der Waals surface area contributed by atoms with Crippen molar-refractivity contribution in [2.24, 2.45) is 5.92 Å². The molecule has 0 aromatic rings. The molecule has 0 amide bonds. The SMILES string of the molecule is CCC(CC(O)CC(C)C(=O)O)P(=O)(O)O. The molecule has 7 heteroatoms. The molecule has 0 radical (unpaired) electrons. The molecule has 0 aromatic carbocycles. The summed E-state index contributed by atoms with van der Waals surface area (Å²) in [6.45, 7) is 3.07. The number of carbonyl (C=O) groups is 1. The van der Waals surface area contributed by atoms with E-state index in [0.717, 1.165) is 0 Å². The molecule has 0 bridgehead atoms. The first-order chi connectivity index (χ1) is 7.18. The maximum Gasteiger partial charge on any atom is 0.328 e. The van der Waals surface area contributed by atoms with Gasteiger partial charge in [-0.05, 0) is 19.3 Å². The van der Waals surface area contributed by atoms with Crippen LogP contribution in [0.15, 0.2) is 0 Å². The minimum Gasteiger partial charge on any atom is -0.481 e. The molecule has 0 aliphatic rings. The maximum absolute atomic E-state index is 11.0. The maximum atomic E-state index is 11.0. The van der Waals surface area contributed by atoms with E-state index in [4.69, 9.17) is 14.9 Å². The van der Waals surface area contributed by atoms with E-state index in [9.17, 15) is 14.5 Å². The number of carboxylic acids is 1. The summed E-state index contributed by atoms with van der Waals surface area (Å²) >= 11 is 0. The summed E-state index contributed by atoms with van der Waals surface area (Å²) in [5.74, 6) is -1.74. The number of carboxylic acid groups (broad SMARTS) is 1. The molecular weight excluding hydrogens is 235 g/mol. The third-order valence-electron chi connectivity index (χ3n) is 2.54. The lowest BCUT2D eigenvalue weighted by Gasteiger charge is -2.20. The van der Waals surface area contributed by atoms with Crippen molar-refractivity contribution in [1.82, 2.24) is 0 Å². The highest BCUT2D eigenvalue weighted by Crippen LogP contribution is 2.45. The molecule has 3 unspecified atom stereocenters. The highest BCUT2D eigenvalue weighted by molar-refractivity contribution is 7.52. The minimum atomic E-state index is -4.20. The Morgan fingerprint density at radius 3 is 2.12 bits per heavy atom. The molecular formula is C9H19O6P. The Labute approximate surface area is 94.5 Å². The van der Waals surface area contributed by atoms with Crippen LogP contribution in [0.3, 0.4) is 0 Å². The van der Waals surface area contributed by atoms with Crippen LogP contribution in [-0.4, -0.2) is 37.7 Å². The van der Waals surface area contributed by atoms with Crippen molar-refractivity contribution in [2.75, 3.05) is 0 Å². The van der Waals surface area contributed by atoms with Gasteiger partial charge in [-0.3, -0.25) is 9.36 Å². The molecule has 0 saturated heterocycles. The Bertz CT molecular complexity index is 273. The van der Waals surface area contributed by atoms with Crippen molar-refractivity contribution in [1.29, 1.82) is 0 Å². The Morgan fingerprint density at radius 1 is 1.31 bits per heavy atom. The van der Waals surface area contributed by atoms with Crippen molar-refractivity contribution >= 4 is 13.6 Å². The van der Waals surface area contributed by atoms with Crippen molar-refractivity contribution < 1.29 is 29.4 Å². The molecule has 0 spiro atoms. The normalized spacial score (nSPS) is 17.8. The molecule has 0 saturated carbocycles. The quantitative estimate of drug-likeness (QED) is 0.499. The molecule has 4 N–H and O–H groups in total. The van der Waals surface area contributed by atoms with E-state index in [2.05, 4.69) is 0 Å². The lowest BCUT2D eigenvalue weighted by Crippen LogP contribution is -2.22. The first kappa shape index (κ1) is 15.6. The van der Waals surface area contributed by atoms with Crippen molar-refractivity contribution in [3.05, 3.63) is 0 Å². The van der Waals surface area contributed by atoms with Crippen molar-refractivity contribution in [3.8, 4) is 0 Å². The molecule has 0 aromatic heterocycles. The number of hydrogen-bond donors (Lipinski definition) is 4. The largest absolute Gasteiger partial charge is 0.481 e. The van der Waals surface area contributed by atoms with Gasteiger partial charge in [-0.25, -0.2) is 0 Å². The Balaban J connectivity index is 4.27. The first-order valence-electron chi connectivity index (χ1n) is 5.14. The van der Waals surface area contributed by atoms with E-state index < -0.39 is 31.2 Å². The van der Waals surface area contributed by atoms with Gasteiger partial charge in [-0.15, -0.1) is 0 Å². The molecule has 0 aliphatic carbocycles. The topological polar surface area (TPSA) is 115 Å². The second kappa shape index (κ2) is 6.35. The standard InChI is InChI=1S/C9H19O6P/c1-3-8(16(13,14)15)5-7(10)4-6(2)9(11)12/h6-8,10H,3-5H2,1-2H3,(H,11,12)(H2,13,14,15). The fourth-order valence-electron chi connectivity index (χ4n) is 1.46. The molecule has 16 heavy (non-hydrogen) atoms. The third kappa shape index (κ3) is 5.61. The number of aliphatic hydroxyl groups is 1. The van der Waals surface area contributed by atoms with Crippen LogP contribution >= 0.6 is 7.60 Å². The lowest BCUT2D eigenvalue weighted by atomic mass is 10.00. The molecule has 96 valence electrons. The van der Waals surface area contributed by atoms with Gasteiger partial charge >= 0.3 is 13.6 Å². The molecule has 0 rings (SSSR count). The summed E-state index contributed by atoms with van der Waals surface area (Å²) < 4.78 is 11.0. The van der Waals surface area contributed by atoms with E-state index in [1.807, 2.05) is 0 Å². The van der Waals surface area contributed by atoms with Gasteiger partial charge in [-0.2, -0.15) is 0 Å². The molecule has 3 atom stereocenters. The van der Waals surface area contributed by atoms with Crippen LogP contribution in [-0.2, 0) is 9.36 Å². The minimum absolute atomic E-state index is 0.00579. The number of aliphatic carboxylic acids is 1. The van der Waals surface area contributed by atoms with E-state index >= 15 is 0 Å². The summed E-state index contributed by atoms with van der Waals surface area (Å²) in [7, 11) is -4.20. The number of rotatable bonds is 7. The summed E-state index contributed by atoms with van der Waals surface area (Å²) in [6, 6.07) is 0. The van der Waals surface area contributed by atoms with E-state index in [0.29, 0.717) is 0 Å². The monoisotopic (exact) mass is 254 g/mol. The van der Waals surface area contributed by atoms with E-state index in [1.165, 1.54) is 6.92 Å². The average Bonchev–Trinajstić information content (AvgIpc) is 2.11. The predicted octanol–water partition coefficient (Wildman–Crippen LogP) is 0.804. The fourth-order valence-corrected chi connectivity index (χ4v) is 2.45. The van der Waals surface area contributed by atoms with Gasteiger partial charge in [0.05, 0.1) is 17.7 Å². The number of hydrogen-bond acceptors (Lipinski definition) is 3. The Kier molecular flexibility index (Phi) is 6.18. The summed E-state index contributed by atoms with van der Waals surface area (Å²) in [4.78, 5) is 28.4. The van der Waals surface area contributed by atoms with Crippen LogP contribution < -0.4 is 0 Å². The van der Waals surface area contributed by atoms with Gasteiger partial charge in [-0.1, -0.05) is 13.8 Å².